The lowest BCUT2D eigenvalue weighted by molar-refractivity contribution is -0.150. The van der Waals surface area contributed by atoms with Crippen LogP contribution in [0.1, 0.15) is 38.7 Å². The number of hydrogen-bond donors (Lipinski definition) is 2. The highest BCUT2D eigenvalue weighted by Crippen LogP contribution is 2.21. The van der Waals surface area contributed by atoms with Crippen LogP contribution in [-0.2, 0) is 9.53 Å². The van der Waals surface area contributed by atoms with Gasteiger partial charge in [-0.05, 0) is 31.0 Å². The Morgan fingerprint density at radius 2 is 1.89 bits per heavy atom. The third kappa shape index (κ3) is 3.74. The molecule has 1 aromatic rings. The molecule has 0 aliphatic rings. The maximum Gasteiger partial charge on any atom is 0.323 e. The summed E-state index contributed by atoms with van der Waals surface area (Å²) in [5.41, 5.74) is 6.80. The molecule has 0 bridgehead atoms. The van der Waals surface area contributed by atoms with Crippen molar-refractivity contribution in [1.29, 1.82) is 0 Å². The molecule has 1 aromatic carbocycles. The molecule has 18 heavy (non-hydrogen) atoms. The Hall–Kier alpha value is -1.55. The summed E-state index contributed by atoms with van der Waals surface area (Å²) in [5, 5.41) is 9.21. The molecule has 0 aliphatic heterocycles. The monoisotopic (exact) mass is 251 g/mol. The fraction of sp³-hybridized carbons (Fsp3) is 0.500. The first-order valence-corrected chi connectivity index (χ1v) is 6.20. The van der Waals surface area contributed by atoms with E-state index in [4.69, 9.17) is 10.5 Å². The molecule has 4 heteroatoms. The number of benzene rings is 1. The fourth-order valence-corrected chi connectivity index (χ4v) is 1.55. The van der Waals surface area contributed by atoms with Gasteiger partial charge >= 0.3 is 5.97 Å². The van der Waals surface area contributed by atoms with Crippen LogP contribution in [0.5, 0.6) is 5.75 Å². The summed E-state index contributed by atoms with van der Waals surface area (Å²) in [6, 6.07) is 5.99. The molecule has 4 nitrogen and oxygen atoms in total. The van der Waals surface area contributed by atoms with Crippen LogP contribution < -0.4 is 5.73 Å². The van der Waals surface area contributed by atoms with E-state index in [-0.39, 0.29) is 23.7 Å². The van der Waals surface area contributed by atoms with Crippen LogP contribution in [0.2, 0.25) is 0 Å². The Kier molecular flexibility index (Phi) is 5.16. The van der Waals surface area contributed by atoms with Crippen LogP contribution >= 0.6 is 0 Å². The number of carbonyl (C=O) groups excluding carboxylic acids is 1. The zero-order chi connectivity index (χ0) is 13.7. The number of phenolic OH excluding ortho intramolecular Hbond substituents is 1. The van der Waals surface area contributed by atoms with E-state index in [1.807, 2.05) is 20.8 Å². The zero-order valence-corrected chi connectivity index (χ0v) is 11.1. The Morgan fingerprint density at radius 1 is 1.33 bits per heavy atom. The standard InChI is InChI=1S/C14H21NO3/c1-4-9(2)18-14(17)13(15)10(3)11-5-7-12(16)8-6-11/h5-10,13,16H,4,15H2,1-3H3/t9?,10-,13+/m1/s1. The average Bonchev–Trinajstić information content (AvgIpc) is 2.37. The van der Waals surface area contributed by atoms with Crippen molar-refractivity contribution in [3.05, 3.63) is 29.8 Å². The molecule has 0 fully saturated rings. The largest absolute Gasteiger partial charge is 0.508 e. The Bertz CT molecular complexity index is 389. The molecule has 1 unspecified atom stereocenters. The van der Waals surface area contributed by atoms with Gasteiger partial charge in [0.1, 0.15) is 11.8 Å². The Balaban J connectivity index is 2.68. The summed E-state index contributed by atoms with van der Waals surface area (Å²) >= 11 is 0. The number of aromatic hydroxyl groups is 1. The summed E-state index contributed by atoms with van der Waals surface area (Å²) < 4.78 is 5.21. The van der Waals surface area contributed by atoms with E-state index in [1.165, 1.54) is 0 Å². The van der Waals surface area contributed by atoms with E-state index < -0.39 is 6.04 Å². The summed E-state index contributed by atoms with van der Waals surface area (Å²) in [6.45, 7) is 5.66. The molecule has 0 spiro atoms. The van der Waals surface area contributed by atoms with Gasteiger partial charge in [-0.3, -0.25) is 4.79 Å². The van der Waals surface area contributed by atoms with Crippen molar-refractivity contribution in [2.24, 2.45) is 5.73 Å². The van der Waals surface area contributed by atoms with Gasteiger partial charge in [0.05, 0.1) is 6.10 Å². The number of phenols is 1. The van der Waals surface area contributed by atoms with E-state index in [9.17, 15) is 9.90 Å². The average molecular weight is 251 g/mol. The van der Waals surface area contributed by atoms with Crippen molar-refractivity contribution in [3.63, 3.8) is 0 Å². The van der Waals surface area contributed by atoms with Gasteiger partial charge in [0.2, 0.25) is 0 Å². The molecule has 0 heterocycles. The molecular formula is C14H21NO3. The minimum Gasteiger partial charge on any atom is -0.508 e. The van der Waals surface area contributed by atoms with Gasteiger partial charge in [0.15, 0.2) is 0 Å². The van der Waals surface area contributed by atoms with Crippen molar-refractivity contribution in [2.45, 2.75) is 45.3 Å². The number of esters is 1. The van der Waals surface area contributed by atoms with Gasteiger partial charge in [0.25, 0.3) is 0 Å². The highest BCUT2D eigenvalue weighted by molar-refractivity contribution is 5.77. The number of rotatable bonds is 5. The van der Waals surface area contributed by atoms with Crippen LogP contribution in [0.4, 0.5) is 0 Å². The lowest BCUT2D eigenvalue weighted by atomic mass is 9.94. The molecule has 0 radical (unpaired) electrons. The molecular weight excluding hydrogens is 230 g/mol. The first kappa shape index (κ1) is 14.5. The molecule has 3 atom stereocenters. The van der Waals surface area contributed by atoms with E-state index in [1.54, 1.807) is 24.3 Å². The van der Waals surface area contributed by atoms with Crippen molar-refractivity contribution >= 4 is 5.97 Å². The minimum absolute atomic E-state index is 0.115. The van der Waals surface area contributed by atoms with E-state index in [0.717, 1.165) is 12.0 Å². The molecule has 1 rings (SSSR count). The van der Waals surface area contributed by atoms with Crippen molar-refractivity contribution in [2.75, 3.05) is 0 Å². The minimum atomic E-state index is -0.691. The van der Waals surface area contributed by atoms with Crippen molar-refractivity contribution < 1.29 is 14.6 Å². The SMILES string of the molecule is CCC(C)OC(=O)[C@@H](N)[C@H](C)c1ccc(O)cc1. The second kappa shape index (κ2) is 6.40. The third-order valence-corrected chi connectivity index (χ3v) is 3.12. The first-order valence-electron chi connectivity index (χ1n) is 6.20. The zero-order valence-electron chi connectivity index (χ0n) is 11.1. The molecule has 0 saturated heterocycles. The Morgan fingerprint density at radius 3 is 2.39 bits per heavy atom. The van der Waals surface area contributed by atoms with Gasteiger partial charge in [-0.25, -0.2) is 0 Å². The maximum atomic E-state index is 11.8. The first-order chi connectivity index (χ1) is 8.45. The molecule has 3 N–H and O–H groups in total. The predicted molar refractivity (Wildman–Crippen MR) is 70.3 cm³/mol. The molecule has 0 amide bonds. The summed E-state index contributed by atoms with van der Waals surface area (Å²) in [4.78, 5) is 11.8. The quantitative estimate of drug-likeness (QED) is 0.787. The molecule has 0 aliphatic carbocycles. The van der Waals surface area contributed by atoms with E-state index >= 15 is 0 Å². The third-order valence-electron chi connectivity index (χ3n) is 3.12. The molecule has 0 saturated carbocycles. The van der Waals surface area contributed by atoms with Crippen LogP contribution in [0, 0.1) is 0 Å². The lowest BCUT2D eigenvalue weighted by Gasteiger charge is -2.21. The summed E-state index contributed by atoms with van der Waals surface area (Å²) in [7, 11) is 0. The van der Waals surface area contributed by atoms with E-state index in [2.05, 4.69) is 0 Å². The van der Waals surface area contributed by atoms with Crippen LogP contribution in [0.25, 0.3) is 0 Å². The topological polar surface area (TPSA) is 72.5 Å². The van der Waals surface area contributed by atoms with Crippen LogP contribution in [0.15, 0.2) is 24.3 Å². The van der Waals surface area contributed by atoms with Gasteiger partial charge in [0, 0.05) is 5.92 Å². The normalized spacial score (nSPS) is 15.8. The summed E-state index contributed by atoms with van der Waals surface area (Å²) in [6.07, 6.45) is 0.655. The molecule has 0 aromatic heterocycles. The highest BCUT2D eigenvalue weighted by atomic mass is 16.5. The number of hydrogen-bond acceptors (Lipinski definition) is 4. The van der Waals surface area contributed by atoms with Gasteiger partial charge in [-0.1, -0.05) is 26.0 Å². The van der Waals surface area contributed by atoms with E-state index in [0.29, 0.717) is 0 Å². The second-order valence-electron chi connectivity index (χ2n) is 4.56. The van der Waals surface area contributed by atoms with Crippen LogP contribution in [0.3, 0.4) is 0 Å². The number of nitrogens with two attached hydrogens (primary N) is 1. The highest BCUT2D eigenvalue weighted by Gasteiger charge is 2.24. The van der Waals surface area contributed by atoms with Crippen molar-refractivity contribution in [3.8, 4) is 5.75 Å². The van der Waals surface area contributed by atoms with Crippen molar-refractivity contribution in [1.82, 2.24) is 0 Å². The number of carbonyl (C=O) groups is 1. The second-order valence-corrected chi connectivity index (χ2v) is 4.56. The lowest BCUT2D eigenvalue weighted by Crippen LogP contribution is -2.38. The predicted octanol–water partition coefficient (Wildman–Crippen LogP) is 2.16. The van der Waals surface area contributed by atoms with Gasteiger partial charge in [-0.2, -0.15) is 0 Å². The fourth-order valence-electron chi connectivity index (χ4n) is 1.55. The van der Waals surface area contributed by atoms with Crippen LogP contribution in [-0.4, -0.2) is 23.2 Å². The van der Waals surface area contributed by atoms with Gasteiger partial charge in [-0.15, -0.1) is 0 Å². The van der Waals surface area contributed by atoms with Gasteiger partial charge < -0.3 is 15.6 Å². The number of ether oxygens (including phenoxy) is 1. The Labute approximate surface area is 108 Å². The maximum absolute atomic E-state index is 11.8. The smallest absolute Gasteiger partial charge is 0.323 e. The molecule has 100 valence electrons. The summed E-state index contributed by atoms with van der Waals surface area (Å²) in [5.74, 6) is -0.339.